The Morgan fingerprint density at radius 3 is 1.32 bits per heavy atom. The summed E-state index contributed by atoms with van der Waals surface area (Å²) in [5.74, 6) is -1.01. The van der Waals surface area contributed by atoms with E-state index in [1.165, 1.54) is 24.3 Å². The first kappa shape index (κ1) is 20.9. The predicted octanol–water partition coefficient (Wildman–Crippen LogP) is 5.98. The maximum Gasteiger partial charge on any atom is 0.207 e. The molecule has 0 radical (unpaired) electrons. The van der Waals surface area contributed by atoms with Crippen molar-refractivity contribution in [3.63, 3.8) is 0 Å². The number of halogens is 2. The Kier molecular flexibility index (Phi) is 5.96. The summed E-state index contributed by atoms with van der Waals surface area (Å²) in [5, 5.41) is 0. The van der Waals surface area contributed by atoms with Crippen LogP contribution >= 0.6 is 0 Å². The molecule has 156 valence electrons. The highest BCUT2D eigenvalue weighted by Gasteiger charge is 2.25. The van der Waals surface area contributed by atoms with Crippen LogP contribution in [0.4, 0.5) is 8.78 Å². The molecule has 5 heteroatoms. The fraction of sp³-hybridized carbons (Fsp3) is 0.0769. The van der Waals surface area contributed by atoms with E-state index in [0.717, 1.165) is 23.3 Å². The topological polar surface area (TPSA) is 34.1 Å². The highest BCUT2D eigenvalue weighted by atomic mass is 32.2. The van der Waals surface area contributed by atoms with Gasteiger partial charge in [0, 0.05) is 0 Å². The van der Waals surface area contributed by atoms with Gasteiger partial charge < -0.3 is 0 Å². The van der Waals surface area contributed by atoms with E-state index in [9.17, 15) is 17.2 Å². The molecule has 4 aromatic rings. The van der Waals surface area contributed by atoms with Crippen LogP contribution in [-0.4, -0.2) is 8.42 Å². The molecule has 0 saturated carbocycles. The summed E-state index contributed by atoms with van der Waals surface area (Å²) in [5.41, 5.74) is 2.46. The highest BCUT2D eigenvalue weighted by molar-refractivity contribution is 7.91. The zero-order valence-corrected chi connectivity index (χ0v) is 17.4. The molecule has 0 aromatic heterocycles. The second-order valence-electron chi connectivity index (χ2n) is 7.33. The van der Waals surface area contributed by atoms with Gasteiger partial charge in [0.2, 0.25) is 9.84 Å². The van der Waals surface area contributed by atoms with Gasteiger partial charge in [0.15, 0.2) is 0 Å². The summed E-state index contributed by atoms with van der Waals surface area (Å²) >= 11 is 0. The zero-order chi connectivity index (χ0) is 21.8. The van der Waals surface area contributed by atoms with E-state index >= 15 is 0 Å². The van der Waals surface area contributed by atoms with Crippen LogP contribution in [0.2, 0.25) is 0 Å². The van der Waals surface area contributed by atoms with Crippen molar-refractivity contribution in [1.29, 1.82) is 0 Å². The molecule has 0 fully saturated rings. The van der Waals surface area contributed by atoms with Gasteiger partial charge in [-0.3, -0.25) is 0 Å². The molecule has 0 heterocycles. The third kappa shape index (κ3) is 4.72. The molecule has 0 aliphatic carbocycles. The Morgan fingerprint density at radius 2 is 0.935 bits per heavy atom. The lowest BCUT2D eigenvalue weighted by atomic mass is 10.0. The Balaban J connectivity index is 1.81. The summed E-state index contributed by atoms with van der Waals surface area (Å²) in [6.45, 7) is 0. The first-order chi connectivity index (χ1) is 14.9. The van der Waals surface area contributed by atoms with Crippen LogP contribution in [-0.2, 0) is 22.7 Å². The first-order valence-electron chi connectivity index (χ1n) is 9.83. The minimum absolute atomic E-state index is 0.0265. The van der Waals surface area contributed by atoms with Gasteiger partial charge >= 0.3 is 0 Å². The quantitative estimate of drug-likeness (QED) is 0.350. The van der Waals surface area contributed by atoms with Crippen LogP contribution < -0.4 is 0 Å². The van der Waals surface area contributed by atoms with Gasteiger partial charge in [-0.2, -0.15) is 0 Å². The highest BCUT2D eigenvalue weighted by Crippen LogP contribution is 2.30. The number of benzene rings is 4. The SMILES string of the molecule is O=S(=O)(c1ccc(F)cc1Cc1ccccc1)c1ccc(F)cc1Cc1ccccc1. The van der Waals surface area contributed by atoms with Crippen molar-refractivity contribution in [1.82, 2.24) is 0 Å². The third-order valence-electron chi connectivity index (χ3n) is 5.10. The van der Waals surface area contributed by atoms with Gasteiger partial charge in [0.25, 0.3) is 0 Å². The minimum Gasteiger partial charge on any atom is -0.218 e. The standard InChI is InChI=1S/C26H20F2O2S/c27-23-11-13-25(21(17-23)15-19-7-3-1-4-8-19)31(29,30)26-14-12-24(28)18-22(26)16-20-9-5-2-6-10-20/h1-14,17-18H,15-16H2. The van der Waals surface area contributed by atoms with Crippen LogP contribution in [0.15, 0.2) is 107 Å². The van der Waals surface area contributed by atoms with Crippen molar-refractivity contribution in [2.75, 3.05) is 0 Å². The Morgan fingerprint density at radius 1 is 0.548 bits per heavy atom. The molecular weight excluding hydrogens is 414 g/mol. The van der Waals surface area contributed by atoms with Crippen molar-refractivity contribution in [2.24, 2.45) is 0 Å². The Bertz CT molecular complexity index is 1210. The normalized spacial score (nSPS) is 11.4. The summed E-state index contributed by atoms with van der Waals surface area (Å²) in [6, 6.07) is 25.9. The molecule has 0 amide bonds. The van der Waals surface area contributed by atoms with Crippen molar-refractivity contribution >= 4 is 9.84 Å². The van der Waals surface area contributed by atoms with Gasteiger partial charge in [-0.1, -0.05) is 60.7 Å². The van der Waals surface area contributed by atoms with E-state index in [2.05, 4.69) is 0 Å². The van der Waals surface area contributed by atoms with Crippen LogP contribution in [0.25, 0.3) is 0 Å². The fourth-order valence-corrected chi connectivity index (χ4v) is 5.33. The summed E-state index contributed by atoms with van der Waals surface area (Å²) in [6.07, 6.45) is 0.532. The van der Waals surface area contributed by atoms with Gasteiger partial charge in [0.1, 0.15) is 11.6 Å². The lowest BCUT2D eigenvalue weighted by Crippen LogP contribution is -2.10. The van der Waals surface area contributed by atoms with E-state index in [1.807, 2.05) is 60.7 Å². The molecule has 0 aliphatic heterocycles. The van der Waals surface area contributed by atoms with Crippen LogP contribution in [0.3, 0.4) is 0 Å². The average Bonchev–Trinajstić information content (AvgIpc) is 2.75. The lowest BCUT2D eigenvalue weighted by molar-refractivity contribution is 0.590. The van der Waals surface area contributed by atoms with Gasteiger partial charge in [-0.25, -0.2) is 17.2 Å². The van der Waals surface area contributed by atoms with Crippen molar-refractivity contribution < 1.29 is 17.2 Å². The summed E-state index contributed by atoms with van der Waals surface area (Å²) < 4.78 is 55.3. The maximum absolute atomic E-state index is 14.0. The predicted molar refractivity (Wildman–Crippen MR) is 117 cm³/mol. The number of hydrogen-bond acceptors (Lipinski definition) is 2. The Labute approximate surface area is 180 Å². The molecule has 4 aromatic carbocycles. The maximum atomic E-state index is 14.0. The zero-order valence-electron chi connectivity index (χ0n) is 16.6. The molecule has 2 nitrogen and oxygen atoms in total. The first-order valence-corrected chi connectivity index (χ1v) is 11.3. The molecule has 0 N–H and O–H groups in total. The number of hydrogen-bond donors (Lipinski definition) is 0. The minimum atomic E-state index is -4.01. The molecule has 31 heavy (non-hydrogen) atoms. The van der Waals surface area contributed by atoms with E-state index in [1.54, 1.807) is 0 Å². The molecule has 0 spiro atoms. The molecule has 0 unspecified atom stereocenters. The molecule has 0 atom stereocenters. The smallest absolute Gasteiger partial charge is 0.207 e. The van der Waals surface area contributed by atoms with Gasteiger partial charge in [-0.05, 0) is 71.5 Å². The van der Waals surface area contributed by atoms with E-state index in [4.69, 9.17) is 0 Å². The summed E-state index contributed by atoms with van der Waals surface area (Å²) in [7, 11) is -4.01. The van der Waals surface area contributed by atoms with E-state index < -0.39 is 21.5 Å². The number of sulfone groups is 1. The summed E-state index contributed by atoms with van der Waals surface area (Å²) in [4.78, 5) is 0.0531. The van der Waals surface area contributed by atoms with Gasteiger partial charge in [-0.15, -0.1) is 0 Å². The largest absolute Gasteiger partial charge is 0.218 e. The third-order valence-corrected chi connectivity index (χ3v) is 7.05. The average molecular weight is 435 g/mol. The van der Waals surface area contributed by atoms with E-state index in [0.29, 0.717) is 11.1 Å². The lowest BCUT2D eigenvalue weighted by Gasteiger charge is -2.15. The van der Waals surface area contributed by atoms with Crippen LogP contribution in [0.1, 0.15) is 22.3 Å². The monoisotopic (exact) mass is 434 g/mol. The molecular formula is C26H20F2O2S. The second kappa shape index (κ2) is 8.82. The molecule has 0 aliphatic rings. The molecule has 0 saturated heterocycles. The Hall–Kier alpha value is -3.31. The number of rotatable bonds is 6. The van der Waals surface area contributed by atoms with Crippen LogP contribution in [0, 0.1) is 11.6 Å². The van der Waals surface area contributed by atoms with Crippen molar-refractivity contribution in [3.05, 3.63) is 131 Å². The van der Waals surface area contributed by atoms with Gasteiger partial charge in [0.05, 0.1) is 9.79 Å². The van der Waals surface area contributed by atoms with E-state index in [-0.39, 0.29) is 22.6 Å². The molecule has 0 bridgehead atoms. The molecule has 4 rings (SSSR count). The second-order valence-corrected chi connectivity index (χ2v) is 9.22. The fourth-order valence-electron chi connectivity index (χ4n) is 3.65. The van der Waals surface area contributed by atoms with Crippen molar-refractivity contribution in [2.45, 2.75) is 22.6 Å². The van der Waals surface area contributed by atoms with Crippen LogP contribution in [0.5, 0.6) is 0 Å². The van der Waals surface area contributed by atoms with Crippen molar-refractivity contribution in [3.8, 4) is 0 Å².